The Kier molecular flexibility index (Phi) is 4.88. The number of benzene rings is 2. The molecule has 1 aromatic heterocycles. The lowest BCUT2D eigenvalue weighted by Crippen LogP contribution is -2.34. The molecule has 6 heteroatoms. The molecule has 0 spiro atoms. The lowest BCUT2D eigenvalue weighted by molar-refractivity contribution is 0.225. The summed E-state index contributed by atoms with van der Waals surface area (Å²) in [7, 11) is 0. The highest BCUT2D eigenvalue weighted by Crippen LogP contribution is 2.20. The molecule has 0 fully saturated rings. The van der Waals surface area contributed by atoms with Gasteiger partial charge in [-0.25, -0.2) is 4.79 Å². The highest BCUT2D eigenvalue weighted by atomic mass is 16.3. The third kappa shape index (κ3) is 3.80. The normalized spacial score (nSPS) is 11.7. The van der Waals surface area contributed by atoms with Gasteiger partial charge in [0.05, 0.1) is 18.8 Å². The predicted octanol–water partition coefficient (Wildman–Crippen LogP) is 2.93. The molecule has 3 aromatic rings. The van der Waals surface area contributed by atoms with Gasteiger partial charge in [0.25, 0.3) is 0 Å². The van der Waals surface area contributed by atoms with Crippen LogP contribution in [0.4, 0.5) is 10.5 Å². The Bertz CT molecular complexity index is 771. The number of anilines is 1. The lowest BCUT2D eigenvalue weighted by atomic mass is 10.1. The number of amides is 2. The first-order chi connectivity index (χ1) is 11.8. The quantitative estimate of drug-likeness (QED) is 0.582. The summed E-state index contributed by atoms with van der Waals surface area (Å²) in [6.45, 7) is -0.170. The molecule has 0 radical (unpaired) electrons. The molecule has 2 aromatic carbocycles. The van der Waals surface area contributed by atoms with Gasteiger partial charge in [0, 0.05) is 17.4 Å². The van der Waals surface area contributed by atoms with Crippen molar-refractivity contribution in [3.63, 3.8) is 0 Å². The van der Waals surface area contributed by atoms with Crippen LogP contribution in [-0.4, -0.2) is 27.9 Å². The number of carbonyl (C=O) groups is 1. The summed E-state index contributed by atoms with van der Waals surface area (Å²) in [5.41, 5.74) is 3.51. The first-order valence-corrected chi connectivity index (χ1v) is 7.59. The third-order valence-corrected chi connectivity index (χ3v) is 3.66. The van der Waals surface area contributed by atoms with Crippen LogP contribution in [0.25, 0.3) is 11.1 Å². The number of hydrogen-bond donors (Lipinski definition) is 4. The number of aliphatic hydroxyl groups is 1. The van der Waals surface area contributed by atoms with E-state index in [4.69, 9.17) is 0 Å². The number of urea groups is 1. The standard InChI is InChI=1S/C18H18N4O2/c23-12-17(14-4-2-1-3-5-14)22-18(24)21-16-8-6-13(7-9-16)15-10-19-20-11-15/h1-11,17,23H,12H2,(H,19,20)(H2,21,22,24). The van der Waals surface area contributed by atoms with Crippen LogP contribution in [0.15, 0.2) is 67.0 Å². The van der Waals surface area contributed by atoms with Gasteiger partial charge in [-0.15, -0.1) is 0 Å². The molecule has 24 heavy (non-hydrogen) atoms. The number of aromatic amines is 1. The third-order valence-electron chi connectivity index (χ3n) is 3.66. The van der Waals surface area contributed by atoms with Gasteiger partial charge in [0.1, 0.15) is 0 Å². The van der Waals surface area contributed by atoms with Crippen LogP contribution < -0.4 is 10.6 Å². The van der Waals surface area contributed by atoms with Gasteiger partial charge in [-0.2, -0.15) is 5.10 Å². The van der Waals surface area contributed by atoms with Crippen LogP contribution in [0, 0.1) is 0 Å². The highest BCUT2D eigenvalue weighted by molar-refractivity contribution is 5.89. The average molecular weight is 322 g/mol. The van der Waals surface area contributed by atoms with Crippen molar-refractivity contribution in [2.45, 2.75) is 6.04 Å². The maximum Gasteiger partial charge on any atom is 0.319 e. The van der Waals surface area contributed by atoms with Gasteiger partial charge < -0.3 is 15.7 Å². The van der Waals surface area contributed by atoms with E-state index in [-0.39, 0.29) is 12.6 Å². The Balaban J connectivity index is 1.62. The van der Waals surface area contributed by atoms with E-state index in [0.717, 1.165) is 16.7 Å². The molecule has 6 nitrogen and oxygen atoms in total. The molecule has 0 aliphatic rings. The van der Waals surface area contributed by atoms with Crippen LogP contribution >= 0.6 is 0 Å². The number of nitrogens with zero attached hydrogens (tertiary/aromatic N) is 1. The summed E-state index contributed by atoms with van der Waals surface area (Å²) in [5.74, 6) is 0. The second-order valence-corrected chi connectivity index (χ2v) is 5.31. The lowest BCUT2D eigenvalue weighted by Gasteiger charge is -2.17. The first kappa shape index (κ1) is 15.8. The Morgan fingerprint density at radius 3 is 2.46 bits per heavy atom. The molecule has 0 saturated carbocycles. The minimum atomic E-state index is -0.448. The van der Waals surface area contributed by atoms with Crippen molar-refractivity contribution in [2.75, 3.05) is 11.9 Å². The van der Waals surface area contributed by atoms with E-state index >= 15 is 0 Å². The molecule has 1 heterocycles. The van der Waals surface area contributed by atoms with E-state index in [0.29, 0.717) is 5.69 Å². The number of carbonyl (C=O) groups excluding carboxylic acids is 1. The summed E-state index contributed by atoms with van der Waals surface area (Å²) >= 11 is 0. The predicted molar refractivity (Wildman–Crippen MR) is 92.4 cm³/mol. The van der Waals surface area contributed by atoms with Crippen molar-refractivity contribution in [2.24, 2.45) is 0 Å². The van der Waals surface area contributed by atoms with Crippen LogP contribution in [0.2, 0.25) is 0 Å². The van der Waals surface area contributed by atoms with Gasteiger partial charge in [-0.05, 0) is 23.3 Å². The molecule has 0 aliphatic carbocycles. The van der Waals surface area contributed by atoms with E-state index in [1.807, 2.05) is 54.6 Å². The molecule has 4 N–H and O–H groups in total. The molecule has 0 saturated heterocycles. The van der Waals surface area contributed by atoms with Gasteiger partial charge in [-0.1, -0.05) is 42.5 Å². The monoisotopic (exact) mass is 322 g/mol. The first-order valence-electron chi connectivity index (χ1n) is 7.59. The average Bonchev–Trinajstić information content (AvgIpc) is 3.16. The molecule has 2 amide bonds. The van der Waals surface area contributed by atoms with Crippen molar-refractivity contribution in [1.29, 1.82) is 0 Å². The van der Waals surface area contributed by atoms with Crippen LogP contribution in [0.3, 0.4) is 0 Å². The summed E-state index contributed by atoms with van der Waals surface area (Å²) < 4.78 is 0. The van der Waals surface area contributed by atoms with Crippen LogP contribution in [0.1, 0.15) is 11.6 Å². The molecule has 0 aliphatic heterocycles. The summed E-state index contributed by atoms with van der Waals surface area (Å²) in [6.07, 6.45) is 3.54. The largest absolute Gasteiger partial charge is 0.394 e. The summed E-state index contributed by atoms with van der Waals surface area (Å²) in [6, 6.07) is 16.0. The van der Waals surface area contributed by atoms with E-state index in [1.165, 1.54) is 0 Å². The van der Waals surface area contributed by atoms with Gasteiger partial charge >= 0.3 is 6.03 Å². The number of hydrogen-bond acceptors (Lipinski definition) is 3. The van der Waals surface area contributed by atoms with Crippen LogP contribution in [-0.2, 0) is 0 Å². The summed E-state index contributed by atoms with van der Waals surface area (Å²) in [5, 5.41) is 21.7. The molecule has 1 atom stereocenters. The number of rotatable bonds is 5. The topological polar surface area (TPSA) is 90.0 Å². The minimum absolute atomic E-state index is 0.170. The van der Waals surface area contributed by atoms with E-state index < -0.39 is 6.04 Å². The molecular formula is C18H18N4O2. The molecule has 3 rings (SSSR count). The molecule has 1 unspecified atom stereocenters. The zero-order chi connectivity index (χ0) is 16.8. The van der Waals surface area contributed by atoms with Crippen molar-refractivity contribution < 1.29 is 9.90 Å². The van der Waals surface area contributed by atoms with Crippen molar-refractivity contribution in [1.82, 2.24) is 15.5 Å². The van der Waals surface area contributed by atoms with E-state index in [2.05, 4.69) is 20.8 Å². The second-order valence-electron chi connectivity index (χ2n) is 5.31. The number of H-pyrrole nitrogens is 1. The fraction of sp³-hybridized carbons (Fsp3) is 0.111. The molecular weight excluding hydrogens is 304 g/mol. The highest BCUT2D eigenvalue weighted by Gasteiger charge is 2.13. The zero-order valence-electron chi connectivity index (χ0n) is 12.9. The molecule has 122 valence electrons. The summed E-state index contributed by atoms with van der Waals surface area (Å²) in [4.78, 5) is 12.1. The van der Waals surface area contributed by atoms with Crippen molar-refractivity contribution in [3.8, 4) is 11.1 Å². The van der Waals surface area contributed by atoms with Gasteiger partial charge in [0.2, 0.25) is 0 Å². The maximum absolute atomic E-state index is 12.1. The van der Waals surface area contributed by atoms with Crippen molar-refractivity contribution >= 4 is 11.7 Å². The van der Waals surface area contributed by atoms with E-state index in [1.54, 1.807) is 12.4 Å². The smallest absolute Gasteiger partial charge is 0.319 e. The zero-order valence-corrected chi connectivity index (χ0v) is 12.9. The number of nitrogens with one attached hydrogen (secondary N) is 3. The SMILES string of the molecule is O=C(Nc1ccc(-c2cn[nH]c2)cc1)NC(CO)c1ccccc1. The minimum Gasteiger partial charge on any atom is -0.394 e. The number of aliphatic hydroxyl groups excluding tert-OH is 1. The molecule has 0 bridgehead atoms. The maximum atomic E-state index is 12.1. The Labute approximate surface area is 139 Å². The van der Waals surface area contributed by atoms with E-state index in [9.17, 15) is 9.90 Å². The Morgan fingerprint density at radius 2 is 1.83 bits per heavy atom. The van der Waals surface area contributed by atoms with Crippen LogP contribution in [0.5, 0.6) is 0 Å². The second kappa shape index (κ2) is 7.43. The van der Waals surface area contributed by atoms with Gasteiger partial charge in [0.15, 0.2) is 0 Å². The fourth-order valence-corrected chi connectivity index (χ4v) is 2.40. The Morgan fingerprint density at radius 1 is 1.08 bits per heavy atom. The van der Waals surface area contributed by atoms with Gasteiger partial charge in [-0.3, -0.25) is 5.10 Å². The Hall–Kier alpha value is -3.12. The fourth-order valence-electron chi connectivity index (χ4n) is 2.40. The van der Waals surface area contributed by atoms with Crippen molar-refractivity contribution in [3.05, 3.63) is 72.6 Å². The number of aromatic nitrogens is 2.